The topological polar surface area (TPSA) is 40.5 Å². The van der Waals surface area contributed by atoms with Gasteiger partial charge in [-0.25, -0.2) is 0 Å². The molecule has 76 valence electrons. The molecule has 0 spiro atoms. The van der Waals surface area contributed by atoms with E-state index >= 15 is 0 Å². The highest BCUT2D eigenvalue weighted by molar-refractivity contribution is 5.66. The molecule has 0 atom stereocenters. The minimum Gasteiger partial charge on any atom is -0.481 e. The number of carbonyl (C=O) groups is 1. The molecular formula is C10H19NO2. The minimum atomic E-state index is -0.690. The van der Waals surface area contributed by atoms with Crippen molar-refractivity contribution in [2.75, 3.05) is 6.54 Å². The molecule has 0 aromatic heterocycles. The Morgan fingerprint density at radius 3 is 2.46 bits per heavy atom. The molecule has 0 saturated heterocycles. The lowest BCUT2D eigenvalue weighted by Crippen LogP contribution is -2.45. The van der Waals surface area contributed by atoms with Crippen molar-refractivity contribution in [3.8, 4) is 0 Å². The predicted octanol–water partition coefficient (Wildman–Crippen LogP) is 1.72. The second-order valence-electron chi connectivity index (χ2n) is 4.06. The van der Waals surface area contributed by atoms with Gasteiger partial charge in [-0.1, -0.05) is 6.42 Å². The number of nitrogens with zero attached hydrogens (tertiary/aromatic N) is 1. The van der Waals surface area contributed by atoms with Gasteiger partial charge in [0.15, 0.2) is 0 Å². The van der Waals surface area contributed by atoms with Crippen molar-refractivity contribution in [1.29, 1.82) is 0 Å². The molecule has 1 saturated carbocycles. The maximum atomic E-state index is 10.4. The molecule has 3 nitrogen and oxygen atoms in total. The Morgan fingerprint density at radius 2 is 2.15 bits per heavy atom. The zero-order chi connectivity index (χ0) is 9.84. The molecule has 1 rings (SSSR count). The number of aliphatic carboxylic acids is 1. The fourth-order valence-corrected chi connectivity index (χ4v) is 1.81. The molecule has 0 aromatic carbocycles. The minimum absolute atomic E-state index is 0.272. The highest BCUT2D eigenvalue weighted by Crippen LogP contribution is 2.26. The van der Waals surface area contributed by atoms with Crippen LogP contribution in [0, 0.1) is 0 Å². The standard InChI is InChI=1S/C10H19NO2/c1-8(2)11(7-6-10(12)13)9-4-3-5-9/h8-9H,3-7H2,1-2H3,(H,12,13). The summed E-state index contributed by atoms with van der Waals surface area (Å²) in [5.41, 5.74) is 0. The normalized spacial score (nSPS) is 17.8. The Hall–Kier alpha value is -0.570. The molecule has 1 aliphatic rings. The van der Waals surface area contributed by atoms with Crippen LogP contribution >= 0.6 is 0 Å². The first-order valence-electron chi connectivity index (χ1n) is 5.09. The molecule has 13 heavy (non-hydrogen) atoms. The van der Waals surface area contributed by atoms with E-state index in [-0.39, 0.29) is 6.42 Å². The highest BCUT2D eigenvalue weighted by atomic mass is 16.4. The van der Waals surface area contributed by atoms with Crippen molar-refractivity contribution in [2.45, 2.75) is 51.6 Å². The van der Waals surface area contributed by atoms with Crippen LogP contribution in [-0.2, 0) is 4.79 Å². The molecular weight excluding hydrogens is 166 g/mol. The SMILES string of the molecule is CC(C)N(CCC(=O)O)C1CCC1. The van der Waals surface area contributed by atoms with Crippen molar-refractivity contribution < 1.29 is 9.90 Å². The molecule has 0 radical (unpaired) electrons. The third kappa shape index (κ3) is 2.99. The number of carboxylic acids is 1. The van der Waals surface area contributed by atoms with Crippen molar-refractivity contribution in [3.63, 3.8) is 0 Å². The Labute approximate surface area is 79.7 Å². The summed E-state index contributed by atoms with van der Waals surface area (Å²) in [6, 6.07) is 1.13. The molecule has 0 heterocycles. The third-order valence-electron chi connectivity index (χ3n) is 2.79. The van der Waals surface area contributed by atoms with Gasteiger partial charge in [0, 0.05) is 18.6 Å². The van der Waals surface area contributed by atoms with E-state index in [9.17, 15) is 4.79 Å². The van der Waals surface area contributed by atoms with Gasteiger partial charge in [0.1, 0.15) is 0 Å². The predicted molar refractivity (Wildman–Crippen MR) is 51.7 cm³/mol. The fraction of sp³-hybridized carbons (Fsp3) is 0.900. The number of hydrogen-bond donors (Lipinski definition) is 1. The smallest absolute Gasteiger partial charge is 0.304 e. The summed E-state index contributed by atoms with van der Waals surface area (Å²) in [7, 11) is 0. The van der Waals surface area contributed by atoms with Gasteiger partial charge in [0.05, 0.1) is 6.42 Å². The van der Waals surface area contributed by atoms with Crippen LogP contribution in [0.25, 0.3) is 0 Å². The van der Waals surface area contributed by atoms with Crippen LogP contribution in [-0.4, -0.2) is 34.6 Å². The van der Waals surface area contributed by atoms with Crippen LogP contribution in [0.3, 0.4) is 0 Å². The first-order chi connectivity index (χ1) is 6.11. The van der Waals surface area contributed by atoms with E-state index in [0.717, 1.165) is 0 Å². The number of hydrogen-bond acceptors (Lipinski definition) is 2. The Balaban J connectivity index is 2.33. The van der Waals surface area contributed by atoms with E-state index in [0.29, 0.717) is 18.6 Å². The van der Waals surface area contributed by atoms with E-state index in [1.54, 1.807) is 0 Å². The summed E-state index contributed by atoms with van der Waals surface area (Å²) < 4.78 is 0. The van der Waals surface area contributed by atoms with Gasteiger partial charge in [-0.2, -0.15) is 0 Å². The Kier molecular flexibility index (Phi) is 3.72. The van der Waals surface area contributed by atoms with Gasteiger partial charge in [0.25, 0.3) is 0 Å². The molecule has 1 aliphatic carbocycles. The summed E-state index contributed by atoms with van der Waals surface area (Å²) in [4.78, 5) is 12.7. The maximum absolute atomic E-state index is 10.4. The van der Waals surface area contributed by atoms with E-state index < -0.39 is 5.97 Å². The highest BCUT2D eigenvalue weighted by Gasteiger charge is 2.26. The Bertz CT molecular complexity index is 176. The molecule has 0 aromatic rings. The van der Waals surface area contributed by atoms with Gasteiger partial charge >= 0.3 is 5.97 Å². The molecule has 3 heteroatoms. The summed E-state index contributed by atoms with van der Waals surface area (Å²) in [6.07, 6.45) is 4.07. The summed E-state index contributed by atoms with van der Waals surface area (Å²) in [6.45, 7) is 4.98. The van der Waals surface area contributed by atoms with E-state index in [1.165, 1.54) is 19.3 Å². The maximum Gasteiger partial charge on any atom is 0.304 e. The zero-order valence-corrected chi connectivity index (χ0v) is 8.49. The largest absolute Gasteiger partial charge is 0.481 e. The second kappa shape index (κ2) is 4.61. The number of rotatable bonds is 5. The van der Waals surface area contributed by atoms with Crippen LogP contribution < -0.4 is 0 Å². The fourth-order valence-electron chi connectivity index (χ4n) is 1.81. The van der Waals surface area contributed by atoms with Crippen molar-refractivity contribution in [3.05, 3.63) is 0 Å². The van der Waals surface area contributed by atoms with Crippen LogP contribution in [0.1, 0.15) is 39.5 Å². The third-order valence-corrected chi connectivity index (χ3v) is 2.79. The van der Waals surface area contributed by atoms with Crippen LogP contribution in [0.4, 0.5) is 0 Å². The molecule has 0 unspecified atom stereocenters. The second-order valence-corrected chi connectivity index (χ2v) is 4.06. The Morgan fingerprint density at radius 1 is 1.54 bits per heavy atom. The van der Waals surface area contributed by atoms with Crippen molar-refractivity contribution in [1.82, 2.24) is 4.90 Å². The van der Waals surface area contributed by atoms with Crippen LogP contribution in [0.15, 0.2) is 0 Å². The first-order valence-corrected chi connectivity index (χ1v) is 5.09. The van der Waals surface area contributed by atoms with Crippen molar-refractivity contribution >= 4 is 5.97 Å². The van der Waals surface area contributed by atoms with Gasteiger partial charge in [-0.3, -0.25) is 9.69 Å². The first kappa shape index (κ1) is 10.5. The van der Waals surface area contributed by atoms with E-state index in [4.69, 9.17) is 5.11 Å². The average Bonchev–Trinajstić information content (AvgIpc) is 1.92. The van der Waals surface area contributed by atoms with Crippen molar-refractivity contribution in [2.24, 2.45) is 0 Å². The van der Waals surface area contributed by atoms with E-state index in [1.807, 2.05) is 0 Å². The monoisotopic (exact) mass is 185 g/mol. The lowest BCUT2D eigenvalue weighted by molar-refractivity contribution is -0.137. The molecule has 1 N–H and O–H groups in total. The number of carboxylic acid groups (broad SMARTS) is 1. The molecule has 0 aliphatic heterocycles. The lowest BCUT2D eigenvalue weighted by atomic mass is 9.90. The van der Waals surface area contributed by atoms with Gasteiger partial charge in [0.2, 0.25) is 0 Å². The summed E-state index contributed by atoms with van der Waals surface area (Å²) in [5, 5.41) is 8.59. The molecule has 1 fully saturated rings. The van der Waals surface area contributed by atoms with Crippen LogP contribution in [0.2, 0.25) is 0 Å². The van der Waals surface area contributed by atoms with Gasteiger partial charge in [-0.15, -0.1) is 0 Å². The molecule has 0 amide bonds. The quantitative estimate of drug-likeness (QED) is 0.709. The van der Waals surface area contributed by atoms with E-state index in [2.05, 4.69) is 18.7 Å². The summed E-state index contributed by atoms with van der Waals surface area (Å²) in [5.74, 6) is -0.690. The van der Waals surface area contributed by atoms with Crippen LogP contribution in [0.5, 0.6) is 0 Å². The molecule has 0 bridgehead atoms. The average molecular weight is 185 g/mol. The van der Waals surface area contributed by atoms with Gasteiger partial charge < -0.3 is 5.11 Å². The lowest BCUT2D eigenvalue weighted by Gasteiger charge is -2.40. The van der Waals surface area contributed by atoms with Gasteiger partial charge in [-0.05, 0) is 26.7 Å². The zero-order valence-electron chi connectivity index (χ0n) is 8.49. The summed E-state index contributed by atoms with van der Waals surface area (Å²) >= 11 is 0.